The van der Waals surface area contributed by atoms with Crippen LogP contribution in [0.15, 0.2) is 69.8 Å². The Kier molecular flexibility index (Phi) is 8.18. The van der Waals surface area contributed by atoms with Crippen molar-refractivity contribution >= 4 is 79.7 Å². The molecule has 0 fully saturated rings. The molecule has 1 aliphatic rings. The minimum atomic E-state index is -0.566. The van der Waals surface area contributed by atoms with Gasteiger partial charge in [0, 0.05) is 15.1 Å². The molecule has 1 aliphatic heterocycles. The van der Waals surface area contributed by atoms with E-state index in [0.29, 0.717) is 40.3 Å². The van der Waals surface area contributed by atoms with Crippen molar-refractivity contribution in [2.24, 2.45) is 4.99 Å². The summed E-state index contributed by atoms with van der Waals surface area (Å²) in [5.74, 6) is 0.769. The number of halogens is 4. The molecule has 34 heavy (non-hydrogen) atoms. The van der Waals surface area contributed by atoms with E-state index >= 15 is 0 Å². The summed E-state index contributed by atoms with van der Waals surface area (Å²) in [6, 6.07) is 16.5. The van der Waals surface area contributed by atoms with Crippen molar-refractivity contribution < 1.29 is 19.0 Å². The van der Waals surface area contributed by atoms with E-state index in [1.165, 1.54) is 0 Å². The lowest BCUT2D eigenvalue weighted by molar-refractivity contribution is -0.129. The lowest BCUT2D eigenvalue weighted by atomic mass is 10.1. The predicted octanol–water partition coefficient (Wildman–Crippen LogP) is 7.68. The molecule has 0 N–H and O–H groups in total. The highest BCUT2D eigenvalue weighted by Crippen LogP contribution is 2.36. The van der Waals surface area contributed by atoms with Crippen LogP contribution >= 0.6 is 61.7 Å². The second-order valence-electron chi connectivity index (χ2n) is 7.10. The maximum absolute atomic E-state index is 12.5. The molecule has 4 rings (SSSR count). The van der Waals surface area contributed by atoms with E-state index in [2.05, 4.69) is 43.5 Å². The Hall–Kier alpha value is -2.07. The second kappa shape index (κ2) is 11.1. The molecule has 174 valence electrons. The quantitative estimate of drug-likeness (QED) is 0.147. The molecule has 0 spiro atoms. The Morgan fingerprint density at radius 2 is 1.91 bits per heavy atom. The van der Waals surface area contributed by atoms with Gasteiger partial charge in [-0.2, -0.15) is 0 Å². The van der Waals surface area contributed by atoms with Gasteiger partial charge in [0.15, 0.2) is 17.2 Å². The summed E-state index contributed by atoms with van der Waals surface area (Å²) in [5, 5.41) is 0.828. The number of ether oxygens (including phenoxy) is 3. The Morgan fingerprint density at radius 1 is 1.12 bits per heavy atom. The predicted molar refractivity (Wildman–Crippen MR) is 146 cm³/mol. The van der Waals surface area contributed by atoms with E-state index in [4.69, 9.17) is 37.4 Å². The number of hydrogen-bond acceptors (Lipinski definition) is 5. The van der Waals surface area contributed by atoms with Crippen LogP contribution in [0.4, 0.5) is 0 Å². The normalized spacial score (nSPS) is 14.2. The van der Waals surface area contributed by atoms with Crippen LogP contribution in [0, 0.1) is 3.57 Å². The number of esters is 1. The molecule has 0 unspecified atom stereocenters. The van der Waals surface area contributed by atoms with Crippen LogP contribution in [-0.2, 0) is 16.1 Å². The number of rotatable bonds is 7. The molecule has 5 nitrogen and oxygen atoms in total. The molecule has 0 atom stereocenters. The number of carbonyl (C=O) groups excluding carboxylic acids is 1. The Morgan fingerprint density at radius 3 is 2.65 bits per heavy atom. The van der Waals surface area contributed by atoms with Crippen LogP contribution in [0.5, 0.6) is 11.5 Å². The average molecular weight is 673 g/mol. The Bertz CT molecular complexity index is 1330. The summed E-state index contributed by atoms with van der Waals surface area (Å²) in [6.07, 6.45) is 1.64. The molecule has 9 heteroatoms. The molecule has 0 amide bonds. The van der Waals surface area contributed by atoms with Gasteiger partial charge in [0.25, 0.3) is 0 Å². The third-order valence-corrected chi connectivity index (χ3v) is 6.87. The number of benzene rings is 3. The number of carbonyl (C=O) groups is 1. The zero-order valence-corrected chi connectivity index (χ0v) is 23.0. The van der Waals surface area contributed by atoms with Gasteiger partial charge in [-0.15, -0.1) is 0 Å². The highest BCUT2D eigenvalue weighted by atomic mass is 127. The maximum Gasteiger partial charge on any atom is 0.363 e. The molecule has 0 aliphatic carbocycles. The van der Waals surface area contributed by atoms with Gasteiger partial charge in [0.05, 0.1) is 20.8 Å². The summed E-state index contributed by atoms with van der Waals surface area (Å²) in [5.41, 5.74) is 2.38. The van der Waals surface area contributed by atoms with Crippen molar-refractivity contribution in [2.75, 3.05) is 6.61 Å². The Labute approximate surface area is 229 Å². The van der Waals surface area contributed by atoms with Gasteiger partial charge in [-0.05, 0) is 77.6 Å². The first-order chi connectivity index (χ1) is 16.4. The molecule has 0 radical (unpaired) electrons. The first-order valence-electron chi connectivity index (χ1n) is 10.2. The third-order valence-electron chi connectivity index (χ3n) is 4.75. The van der Waals surface area contributed by atoms with Crippen molar-refractivity contribution in [3.63, 3.8) is 0 Å². The highest BCUT2D eigenvalue weighted by molar-refractivity contribution is 14.1. The molecule has 0 aromatic heterocycles. The molecule has 1 heterocycles. The van der Waals surface area contributed by atoms with Gasteiger partial charge < -0.3 is 14.2 Å². The largest absolute Gasteiger partial charge is 0.490 e. The van der Waals surface area contributed by atoms with Crippen LogP contribution in [0.3, 0.4) is 0 Å². The minimum Gasteiger partial charge on any atom is -0.490 e. The van der Waals surface area contributed by atoms with Crippen molar-refractivity contribution in [2.45, 2.75) is 13.5 Å². The number of cyclic esters (lactones) is 1. The first kappa shape index (κ1) is 25.0. The lowest BCUT2D eigenvalue weighted by Gasteiger charge is -2.15. The van der Waals surface area contributed by atoms with Gasteiger partial charge in [-0.25, -0.2) is 9.79 Å². The summed E-state index contributed by atoms with van der Waals surface area (Å²) in [4.78, 5) is 16.8. The number of hydrogen-bond donors (Lipinski definition) is 0. The van der Waals surface area contributed by atoms with Crippen LogP contribution in [0.1, 0.15) is 23.6 Å². The van der Waals surface area contributed by atoms with Gasteiger partial charge in [-0.3, -0.25) is 0 Å². The van der Waals surface area contributed by atoms with Crippen molar-refractivity contribution in [3.8, 4) is 11.5 Å². The highest BCUT2D eigenvalue weighted by Gasteiger charge is 2.26. The molecular formula is C25H17BrCl2INO4. The summed E-state index contributed by atoms with van der Waals surface area (Å²) < 4.78 is 19.1. The SMILES string of the molecule is CCOc1cc(C=C2N=C(c3ccc(Cl)cc3Cl)OC2=O)cc(I)c1OCc1ccccc1Br. The molecule has 3 aromatic carbocycles. The lowest BCUT2D eigenvalue weighted by Crippen LogP contribution is -2.06. The van der Waals surface area contributed by atoms with E-state index in [-0.39, 0.29) is 11.6 Å². The van der Waals surface area contributed by atoms with E-state index in [0.717, 1.165) is 19.2 Å². The molecule has 0 bridgehead atoms. The van der Waals surface area contributed by atoms with Crippen molar-refractivity contribution in [3.05, 3.63) is 95.1 Å². The summed E-state index contributed by atoms with van der Waals surface area (Å²) in [6.45, 7) is 2.73. The van der Waals surface area contributed by atoms with Crippen LogP contribution < -0.4 is 9.47 Å². The topological polar surface area (TPSA) is 57.1 Å². The first-order valence-corrected chi connectivity index (χ1v) is 12.8. The van der Waals surface area contributed by atoms with Gasteiger partial charge in [0.2, 0.25) is 5.90 Å². The monoisotopic (exact) mass is 671 g/mol. The minimum absolute atomic E-state index is 0.131. The average Bonchev–Trinajstić information content (AvgIpc) is 3.14. The van der Waals surface area contributed by atoms with E-state index < -0.39 is 5.97 Å². The Balaban J connectivity index is 1.63. The fourth-order valence-electron chi connectivity index (χ4n) is 3.18. The molecular weight excluding hydrogens is 656 g/mol. The van der Waals surface area contributed by atoms with E-state index in [1.807, 2.05) is 43.3 Å². The smallest absolute Gasteiger partial charge is 0.363 e. The number of nitrogens with zero attached hydrogens (tertiary/aromatic N) is 1. The van der Waals surface area contributed by atoms with E-state index in [1.54, 1.807) is 24.3 Å². The van der Waals surface area contributed by atoms with Crippen LogP contribution in [0.25, 0.3) is 6.08 Å². The third kappa shape index (κ3) is 5.76. The van der Waals surface area contributed by atoms with Gasteiger partial charge in [0.1, 0.15) is 6.61 Å². The van der Waals surface area contributed by atoms with Crippen LogP contribution in [0.2, 0.25) is 10.0 Å². The second-order valence-corrected chi connectivity index (χ2v) is 9.96. The zero-order chi connectivity index (χ0) is 24.2. The molecule has 0 saturated heterocycles. The van der Waals surface area contributed by atoms with Gasteiger partial charge in [-0.1, -0.05) is 57.3 Å². The van der Waals surface area contributed by atoms with Crippen molar-refractivity contribution in [1.82, 2.24) is 0 Å². The zero-order valence-electron chi connectivity index (χ0n) is 17.8. The van der Waals surface area contributed by atoms with Crippen molar-refractivity contribution in [1.29, 1.82) is 0 Å². The van der Waals surface area contributed by atoms with Crippen LogP contribution in [-0.4, -0.2) is 18.5 Å². The fourth-order valence-corrected chi connectivity index (χ4v) is 4.85. The van der Waals surface area contributed by atoms with E-state index in [9.17, 15) is 4.79 Å². The molecule has 0 saturated carbocycles. The number of aliphatic imine (C=N–C) groups is 1. The summed E-state index contributed by atoms with van der Waals surface area (Å²) >= 11 is 17.9. The maximum atomic E-state index is 12.5. The van der Waals surface area contributed by atoms with Gasteiger partial charge >= 0.3 is 5.97 Å². The molecule has 3 aromatic rings. The fraction of sp³-hybridized carbons (Fsp3) is 0.120. The standard InChI is InChI=1S/C25H17BrCl2INO4/c1-2-32-22-11-14(9-20(29)23(22)33-13-15-5-3-4-6-18(15)26)10-21-25(31)34-24(30-21)17-8-7-16(27)12-19(17)28/h3-12H,2,13H2,1H3. The summed E-state index contributed by atoms with van der Waals surface area (Å²) in [7, 11) is 0.